The van der Waals surface area contributed by atoms with Gasteiger partial charge in [0.1, 0.15) is 0 Å². The Morgan fingerprint density at radius 1 is 1.09 bits per heavy atom. The molecule has 0 aliphatic heterocycles. The summed E-state index contributed by atoms with van der Waals surface area (Å²) < 4.78 is 28.0. The summed E-state index contributed by atoms with van der Waals surface area (Å²) in [6.07, 6.45) is 1.87. The van der Waals surface area contributed by atoms with E-state index >= 15 is 0 Å². The van der Waals surface area contributed by atoms with Crippen molar-refractivity contribution in [2.45, 2.75) is 17.7 Å². The lowest BCUT2D eigenvalue weighted by atomic mass is 10.1. The van der Waals surface area contributed by atoms with Crippen LogP contribution in [0.15, 0.2) is 57.9 Å². The minimum atomic E-state index is -3.66. The second kappa shape index (κ2) is 5.85. The monoisotopic (exact) mass is 379 g/mol. The highest BCUT2D eigenvalue weighted by atomic mass is 79.9. The molecular weight excluding hydrogens is 366 g/mol. The second-order valence-electron chi connectivity index (χ2n) is 5.28. The number of rotatable bonds is 5. The summed E-state index contributed by atoms with van der Waals surface area (Å²) in [5.74, 6) is 0.228. The third-order valence-electron chi connectivity index (χ3n) is 3.47. The quantitative estimate of drug-likeness (QED) is 0.802. The van der Waals surface area contributed by atoms with Crippen LogP contribution in [0.2, 0.25) is 0 Å². The van der Waals surface area contributed by atoms with E-state index < -0.39 is 10.0 Å². The Morgan fingerprint density at radius 2 is 1.77 bits per heavy atom. The number of Topliss-reactive ketones (excluding diaryl/α,β-unsaturated/α-hetero) is 1. The Balaban J connectivity index is 1.81. The van der Waals surface area contributed by atoms with Crippen LogP contribution >= 0.6 is 15.9 Å². The van der Waals surface area contributed by atoms with Gasteiger partial charge in [0.2, 0.25) is 0 Å². The summed E-state index contributed by atoms with van der Waals surface area (Å²) in [5.41, 5.74) is 1.05. The molecule has 0 atom stereocenters. The van der Waals surface area contributed by atoms with Crippen molar-refractivity contribution in [3.05, 3.63) is 58.6 Å². The van der Waals surface area contributed by atoms with Gasteiger partial charge in [-0.1, -0.05) is 34.1 Å². The number of sulfonamides is 1. The number of carbonyl (C=O) groups is 1. The van der Waals surface area contributed by atoms with Crippen molar-refractivity contribution in [3.63, 3.8) is 0 Å². The number of ketones is 1. The van der Waals surface area contributed by atoms with Crippen molar-refractivity contribution in [1.29, 1.82) is 0 Å². The fourth-order valence-electron chi connectivity index (χ4n) is 2.15. The van der Waals surface area contributed by atoms with Gasteiger partial charge >= 0.3 is 0 Å². The molecule has 1 aliphatic carbocycles. The molecule has 0 spiro atoms. The molecule has 6 heteroatoms. The maximum atomic E-state index is 12.3. The lowest BCUT2D eigenvalue weighted by Gasteiger charge is -2.09. The standard InChI is InChI=1S/C16H14BrNO3S/c17-13-2-1-3-14(10-13)18-22(20,21)15-8-6-12(7-9-15)16(19)11-4-5-11/h1-3,6-11,18H,4-5H2. The van der Waals surface area contributed by atoms with Gasteiger partial charge in [-0.3, -0.25) is 9.52 Å². The zero-order valence-electron chi connectivity index (χ0n) is 11.6. The first kappa shape index (κ1) is 15.2. The van der Waals surface area contributed by atoms with Gasteiger partial charge in [0.25, 0.3) is 10.0 Å². The average Bonchev–Trinajstić information content (AvgIpc) is 3.31. The Bertz CT molecular complexity index is 812. The van der Waals surface area contributed by atoms with Crippen molar-refractivity contribution < 1.29 is 13.2 Å². The molecule has 1 aliphatic rings. The predicted octanol–water partition coefficient (Wildman–Crippen LogP) is 3.84. The van der Waals surface area contributed by atoms with E-state index in [0.717, 1.165) is 17.3 Å². The number of benzene rings is 2. The van der Waals surface area contributed by atoms with Gasteiger partial charge < -0.3 is 0 Å². The number of anilines is 1. The molecule has 1 fully saturated rings. The second-order valence-corrected chi connectivity index (χ2v) is 7.88. The fraction of sp³-hybridized carbons (Fsp3) is 0.188. The molecule has 0 bridgehead atoms. The van der Waals surface area contributed by atoms with E-state index in [1.165, 1.54) is 12.1 Å². The summed E-state index contributed by atoms with van der Waals surface area (Å²) >= 11 is 3.30. The van der Waals surface area contributed by atoms with Crippen molar-refractivity contribution >= 4 is 37.4 Å². The highest BCUT2D eigenvalue weighted by Gasteiger charge is 2.30. The molecule has 0 unspecified atom stereocenters. The first-order chi connectivity index (χ1) is 10.5. The molecule has 114 valence electrons. The molecule has 0 aromatic heterocycles. The smallest absolute Gasteiger partial charge is 0.261 e. The largest absolute Gasteiger partial charge is 0.294 e. The van der Waals surface area contributed by atoms with Gasteiger partial charge in [0, 0.05) is 21.6 Å². The topological polar surface area (TPSA) is 63.2 Å². The highest BCUT2D eigenvalue weighted by molar-refractivity contribution is 9.10. The Hall–Kier alpha value is -1.66. The lowest BCUT2D eigenvalue weighted by molar-refractivity contribution is 0.0967. The van der Waals surface area contributed by atoms with Crippen LogP contribution in [-0.2, 0) is 10.0 Å². The van der Waals surface area contributed by atoms with Crippen LogP contribution in [-0.4, -0.2) is 14.2 Å². The summed E-state index contributed by atoms with van der Waals surface area (Å²) in [7, 11) is -3.66. The number of nitrogens with one attached hydrogen (secondary N) is 1. The first-order valence-electron chi connectivity index (χ1n) is 6.88. The minimum absolute atomic E-state index is 0.101. The van der Waals surface area contributed by atoms with E-state index in [-0.39, 0.29) is 16.6 Å². The molecule has 0 radical (unpaired) electrons. The molecule has 1 saturated carbocycles. The molecule has 0 heterocycles. The number of hydrogen-bond donors (Lipinski definition) is 1. The molecule has 2 aromatic carbocycles. The van der Waals surface area contributed by atoms with Crippen LogP contribution in [0.25, 0.3) is 0 Å². The molecule has 0 saturated heterocycles. The normalized spacial score (nSPS) is 14.6. The van der Waals surface area contributed by atoms with E-state index in [2.05, 4.69) is 20.7 Å². The predicted molar refractivity (Wildman–Crippen MR) is 88.4 cm³/mol. The van der Waals surface area contributed by atoms with Crippen LogP contribution in [0.3, 0.4) is 0 Å². The van der Waals surface area contributed by atoms with Gasteiger partial charge in [-0.05, 0) is 43.2 Å². The molecule has 22 heavy (non-hydrogen) atoms. The Kier molecular flexibility index (Phi) is 4.06. The zero-order chi connectivity index (χ0) is 15.7. The van der Waals surface area contributed by atoms with Gasteiger partial charge in [-0.15, -0.1) is 0 Å². The van der Waals surface area contributed by atoms with Crippen LogP contribution in [0.4, 0.5) is 5.69 Å². The number of carbonyl (C=O) groups excluding carboxylic acids is 1. The van der Waals surface area contributed by atoms with E-state index in [0.29, 0.717) is 11.3 Å². The van der Waals surface area contributed by atoms with Crippen LogP contribution in [0.1, 0.15) is 23.2 Å². The average molecular weight is 380 g/mol. The van der Waals surface area contributed by atoms with E-state index in [9.17, 15) is 13.2 Å². The van der Waals surface area contributed by atoms with Crippen LogP contribution < -0.4 is 4.72 Å². The van der Waals surface area contributed by atoms with Crippen molar-refractivity contribution in [2.24, 2.45) is 5.92 Å². The van der Waals surface area contributed by atoms with E-state index in [1.807, 2.05) is 6.07 Å². The first-order valence-corrected chi connectivity index (χ1v) is 9.16. The van der Waals surface area contributed by atoms with Crippen LogP contribution in [0.5, 0.6) is 0 Å². The number of hydrogen-bond acceptors (Lipinski definition) is 3. The lowest BCUT2D eigenvalue weighted by Crippen LogP contribution is -2.13. The van der Waals surface area contributed by atoms with Gasteiger partial charge in [0.15, 0.2) is 5.78 Å². The van der Waals surface area contributed by atoms with Crippen LogP contribution in [0, 0.1) is 5.92 Å². The van der Waals surface area contributed by atoms with E-state index in [1.54, 1.807) is 30.3 Å². The maximum Gasteiger partial charge on any atom is 0.261 e. The van der Waals surface area contributed by atoms with Crippen molar-refractivity contribution in [3.8, 4) is 0 Å². The summed E-state index contributed by atoms with van der Waals surface area (Å²) in [6.45, 7) is 0. The Labute approximate surface area is 137 Å². The molecule has 4 nitrogen and oxygen atoms in total. The highest BCUT2D eigenvalue weighted by Crippen LogP contribution is 2.32. The molecular formula is C16H14BrNO3S. The number of halogens is 1. The maximum absolute atomic E-state index is 12.3. The summed E-state index contributed by atoms with van der Waals surface area (Å²) in [5, 5.41) is 0. The Morgan fingerprint density at radius 3 is 2.36 bits per heavy atom. The fourth-order valence-corrected chi connectivity index (χ4v) is 3.59. The third-order valence-corrected chi connectivity index (χ3v) is 5.36. The van der Waals surface area contributed by atoms with Crippen molar-refractivity contribution in [2.75, 3.05) is 4.72 Å². The van der Waals surface area contributed by atoms with Gasteiger partial charge in [-0.25, -0.2) is 8.42 Å². The summed E-state index contributed by atoms with van der Waals surface area (Å²) in [4.78, 5) is 12.1. The molecule has 1 N–H and O–H groups in total. The van der Waals surface area contributed by atoms with Gasteiger partial charge in [0.05, 0.1) is 4.90 Å². The molecule has 0 amide bonds. The zero-order valence-corrected chi connectivity index (χ0v) is 14.0. The van der Waals surface area contributed by atoms with Crippen molar-refractivity contribution in [1.82, 2.24) is 0 Å². The molecule has 2 aromatic rings. The van der Waals surface area contributed by atoms with Gasteiger partial charge in [-0.2, -0.15) is 0 Å². The minimum Gasteiger partial charge on any atom is -0.294 e. The SMILES string of the molecule is O=C(c1ccc(S(=O)(=O)Nc2cccc(Br)c2)cc1)C1CC1. The molecule has 3 rings (SSSR count). The summed E-state index contributed by atoms with van der Waals surface area (Å²) in [6, 6.07) is 13.0. The third kappa shape index (κ3) is 3.39. The van der Waals surface area contributed by atoms with E-state index in [4.69, 9.17) is 0 Å².